The Morgan fingerprint density at radius 3 is 2.54 bits per heavy atom. The smallest absolute Gasteiger partial charge is 0.269 e. The molecule has 1 heterocycles. The molecule has 132 valence electrons. The highest BCUT2D eigenvalue weighted by Crippen LogP contribution is 2.27. The van der Waals surface area contributed by atoms with Gasteiger partial charge in [0.25, 0.3) is 10.0 Å². The number of benzene rings is 3. The molecule has 4 aromatic rings. The number of aromatic nitrogens is 2. The molecule has 5 nitrogen and oxygen atoms in total. The number of nitrogens with zero attached hydrogens (tertiary/aromatic N) is 2. The zero-order chi connectivity index (χ0) is 18.3. The monoisotopic (exact) mass is 366 g/mol. The van der Waals surface area contributed by atoms with Crippen molar-refractivity contribution in [1.29, 1.82) is 0 Å². The second-order valence-corrected chi connectivity index (χ2v) is 7.81. The van der Waals surface area contributed by atoms with Crippen molar-refractivity contribution < 1.29 is 13.2 Å². The van der Waals surface area contributed by atoms with Crippen LogP contribution in [0.15, 0.2) is 65.6 Å². The highest BCUT2D eigenvalue weighted by molar-refractivity contribution is 7.90. The molecule has 26 heavy (non-hydrogen) atoms. The van der Waals surface area contributed by atoms with Crippen molar-refractivity contribution in [1.82, 2.24) is 8.96 Å². The van der Waals surface area contributed by atoms with Crippen LogP contribution in [0.2, 0.25) is 0 Å². The highest BCUT2D eigenvalue weighted by atomic mass is 32.2. The molecule has 0 aliphatic rings. The van der Waals surface area contributed by atoms with E-state index in [1.54, 1.807) is 31.2 Å². The van der Waals surface area contributed by atoms with E-state index in [-0.39, 0.29) is 4.90 Å². The topological polar surface area (TPSA) is 61.2 Å². The Morgan fingerprint density at radius 2 is 1.73 bits per heavy atom. The van der Waals surface area contributed by atoms with Gasteiger partial charge >= 0.3 is 0 Å². The van der Waals surface area contributed by atoms with E-state index in [1.807, 2.05) is 43.3 Å². The maximum atomic E-state index is 13.2. The zero-order valence-electron chi connectivity index (χ0n) is 14.5. The normalized spacial score (nSPS) is 11.9. The number of fused-ring (bicyclic) bond motifs is 2. The second kappa shape index (κ2) is 6.14. The Kier molecular flexibility index (Phi) is 3.92. The van der Waals surface area contributed by atoms with Crippen LogP contribution in [0.25, 0.3) is 21.8 Å². The van der Waals surface area contributed by atoms with E-state index in [0.29, 0.717) is 23.5 Å². The van der Waals surface area contributed by atoms with Gasteiger partial charge in [0, 0.05) is 0 Å². The van der Waals surface area contributed by atoms with Gasteiger partial charge in [0.15, 0.2) is 0 Å². The van der Waals surface area contributed by atoms with Gasteiger partial charge in [-0.15, -0.1) is 0 Å². The van der Waals surface area contributed by atoms with E-state index in [0.717, 1.165) is 16.5 Å². The predicted octanol–water partition coefficient (Wildman–Crippen LogP) is 4.13. The first-order chi connectivity index (χ1) is 12.5. The molecule has 0 N–H and O–H groups in total. The van der Waals surface area contributed by atoms with Crippen molar-refractivity contribution in [3.05, 3.63) is 66.5 Å². The molecule has 0 amide bonds. The summed E-state index contributed by atoms with van der Waals surface area (Å²) in [7, 11) is -3.74. The fraction of sp³-hybridized carbons (Fsp3) is 0.150. The van der Waals surface area contributed by atoms with Gasteiger partial charge in [0.2, 0.25) is 0 Å². The average molecular weight is 366 g/mol. The highest BCUT2D eigenvalue weighted by Gasteiger charge is 2.22. The van der Waals surface area contributed by atoms with Crippen molar-refractivity contribution in [3.63, 3.8) is 0 Å². The molecule has 0 fully saturated rings. The van der Waals surface area contributed by atoms with Gasteiger partial charge in [-0.25, -0.2) is 17.4 Å². The van der Waals surface area contributed by atoms with Gasteiger partial charge < -0.3 is 4.74 Å². The molecule has 0 spiro atoms. The standard InChI is InChI=1S/C20H18N2O3S/c1-3-25-17-10-8-16-13-18(11-9-15(16)12-17)26(23,24)22-14(2)21-19-6-4-5-7-20(19)22/h4-13H,3H2,1-2H3. The van der Waals surface area contributed by atoms with Crippen LogP contribution in [-0.2, 0) is 10.0 Å². The van der Waals surface area contributed by atoms with E-state index in [1.165, 1.54) is 3.97 Å². The lowest BCUT2D eigenvalue weighted by atomic mass is 10.1. The van der Waals surface area contributed by atoms with Crippen LogP contribution < -0.4 is 4.74 Å². The lowest BCUT2D eigenvalue weighted by Gasteiger charge is -2.10. The average Bonchev–Trinajstić information content (AvgIpc) is 2.98. The summed E-state index contributed by atoms with van der Waals surface area (Å²) in [6.45, 7) is 4.22. The van der Waals surface area contributed by atoms with Gasteiger partial charge in [-0.05, 0) is 61.0 Å². The number of ether oxygens (including phenoxy) is 1. The number of rotatable bonds is 4. The van der Waals surface area contributed by atoms with E-state index >= 15 is 0 Å². The molecule has 0 bridgehead atoms. The fourth-order valence-electron chi connectivity index (χ4n) is 3.15. The van der Waals surface area contributed by atoms with E-state index < -0.39 is 10.0 Å². The van der Waals surface area contributed by atoms with E-state index in [9.17, 15) is 8.42 Å². The largest absolute Gasteiger partial charge is 0.494 e. The Labute approximate surface area is 151 Å². The van der Waals surface area contributed by atoms with Crippen LogP contribution in [0.3, 0.4) is 0 Å². The summed E-state index contributed by atoms with van der Waals surface area (Å²) in [6, 6.07) is 18.0. The van der Waals surface area contributed by atoms with Crippen molar-refractivity contribution in [2.75, 3.05) is 6.61 Å². The third kappa shape index (κ3) is 2.63. The molecule has 0 saturated heterocycles. The van der Waals surface area contributed by atoms with Gasteiger partial charge in [0.05, 0.1) is 22.5 Å². The van der Waals surface area contributed by atoms with Gasteiger partial charge in [-0.2, -0.15) is 0 Å². The molecule has 1 aromatic heterocycles. The molecule has 0 aliphatic heterocycles. The van der Waals surface area contributed by atoms with Crippen LogP contribution in [0, 0.1) is 6.92 Å². The SMILES string of the molecule is CCOc1ccc2cc(S(=O)(=O)n3c(C)nc4ccccc43)ccc2c1. The van der Waals surface area contributed by atoms with Crippen LogP contribution in [-0.4, -0.2) is 24.0 Å². The third-order valence-corrected chi connectivity index (χ3v) is 6.10. The van der Waals surface area contributed by atoms with E-state index in [2.05, 4.69) is 4.98 Å². The van der Waals surface area contributed by atoms with E-state index in [4.69, 9.17) is 4.74 Å². The van der Waals surface area contributed by atoms with Crippen LogP contribution >= 0.6 is 0 Å². The van der Waals surface area contributed by atoms with Crippen molar-refractivity contribution in [2.45, 2.75) is 18.7 Å². The summed E-state index contributed by atoms with van der Waals surface area (Å²) >= 11 is 0. The number of para-hydroxylation sites is 2. The Morgan fingerprint density at radius 1 is 1.00 bits per heavy atom. The number of imidazole rings is 1. The Hall–Kier alpha value is -2.86. The van der Waals surface area contributed by atoms with Crippen molar-refractivity contribution in [2.24, 2.45) is 0 Å². The van der Waals surface area contributed by atoms with Gasteiger partial charge in [-0.1, -0.05) is 24.3 Å². The Bertz CT molecular complexity index is 1230. The number of aryl methyl sites for hydroxylation is 1. The van der Waals surface area contributed by atoms with Crippen LogP contribution in [0.5, 0.6) is 5.75 Å². The molecule has 0 atom stereocenters. The van der Waals surface area contributed by atoms with Crippen molar-refractivity contribution >= 4 is 31.8 Å². The summed E-state index contributed by atoms with van der Waals surface area (Å²) in [6.07, 6.45) is 0. The molecule has 0 saturated carbocycles. The number of hydrogen-bond donors (Lipinski definition) is 0. The molecule has 3 aromatic carbocycles. The first kappa shape index (κ1) is 16.6. The predicted molar refractivity (Wildman–Crippen MR) is 102 cm³/mol. The first-order valence-electron chi connectivity index (χ1n) is 8.37. The second-order valence-electron chi connectivity index (χ2n) is 6.02. The van der Waals surface area contributed by atoms with Gasteiger partial charge in [0.1, 0.15) is 11.6 Å². The third-order valence-electron chi connectivity index (χ3n) is 4.31. The lowest BCUT2D eigenvalue weighted by Crippen LogP contribution is -2.14. The molecule has 0 unspecified atom stereocenters. The quantitative estimate of drug-likeness (QED) is 0.545. The minimum atomic E-state index is -3.74. The van der Waals surface area contributed by atoms with Crippen LogP contribution in [0.4, 0.5) is 0 Å². The fourth-order valence-corrected chi connectivity index (χ4v) is 4.68. The summed E-state index contributed by atoms with van der Waals surface area (Å²) < 4.78 is 33.3. The minimum Gasteiger partial charge on any atom is -0.494 e. The van der Waals surface area contributed by atoms with Gasteiger partial charge in [-0.3, -0.25) is 0 Å². The number of hydrogen-bond acceptors (Lipinski definition) is 4. The van der Waals surface area contributed by atoms with Crippen LogP contribution in [0.1, 0.15) is 12.7 Å². The minimum absolute atomic E-state index is 0.236. The summed E-state index contributed by atoms with van der Waals surface area (Å²) in [5.41, 5.74) is 1.24. The summed E-state index contributed by atoms with van der Waals surface area (Å²) in [4.78, 5) is 4.60. The summed E-state index contributed by atoms with van der Waals surface area (Å²) in [5, 5.41) is 1.78. The first-order valence-corrected chi connectivity index (χ1v) is 9.81. The molecular weight excluding hydrogens is 348 g/mol. The molecule has 0 radical (unpaired) electrons. The zero-order valence-corrected chi connectivity index (χ0v) is 15.3. The molecular formula is C20H18N2O3S. The van der Waals surface area contributed by atoms with Crippen molar-refractivity contribution in [3.8, 4) is 5.75 Å². The maximum Gasteiger partial charge on any atom is 0.269 e. The molecule has 4 rings (SSSR count). The summed E-state index contributed by atoms with van der Waals surface area (Å²) in [5.74, 6) is 1.21. The Balaban J connectivity index is 1.87. The molecule has 6 heteroatoms. The lowest BCUT2D eigenvalue weighted by molar-refractivity contribution is 0.341. The molecule has 0 aliphatic carbocycles. The maximum absolute atomic E-state index is 13.2.